The number of benzene rings is 1. The molecule has 0 atom stereocenters. The van der Waals surface area contributed by atoms with Gasteiger partial charge in [-0.15, -0.1) is 11.3 Å². The molecule has 0 aliphatic rings. The van der Waals surface area contributed by atoms with Gasteiger partial charge in [-0.1, -0.05) is 0 Å². The summed E-state index contributed by atoms with van der Waals surface area (Å²) in [5, 5.41) is 7.48. The summed E-state index contributed by atoms with van der Waals surface area (Å²) in [6, 6.07) is 5.20. The molecule has 2 aromatic heterocycles. The average molecular weight is 367 g/mol. The first-order valence-electron chi connectivity index (χ1n) is 6.67. The van der Waals surface area contributed by atoms with Crippen LogP contribution in [0.15, 0.2) is 40.7 Å². The normalized spacial score (nSPS) is 11.7. The smallest absolute Gasteiger partial charge is 0.243 e. The maximum Gasteiger partial charge on any atom is 0.243 e. The second kappa shape index (κ2) is 6.00. The Morgan fingerprint density at radius 1 is 1.21 bits per heavy atom. The zero-order valence-corrected chi connectivity index (χ0v) is 14.0. The van der Waals surface area contributed by atoms with E-state index in [2.05, 4.69) is 9.97 Å². The van der Waals surface area contributed by atoms with Crippen LogP contribution in [0.25, 0.3) is 22.5 Å². The zero-order valence-electron chi connectivity index (χ0n) is 12.3. The van der Waals surface area contributed by atoms with E-state index in [0.717, 1.165) is 17.1 Å². The van der Waals surface area contributed by atoms with Crippen LogP contribution in [0.4, 0.5) is 8.78 Å². The highest BCUT2D eigenvalue weighted by Gasteiger charge is 2.23. The summed E-state index contributed by atoms with van der Waals surface area (Å²) in [6.07, 6.45) is 1.47. The Kier molecular flexibility index (Phi) is 4.16. The van der Waals surface area contributed by atoms with Crippen LogP contribution in [0.2, 0.25) is 0 Å². The molecule has 0 saturated heterocycles. The van der Waals surface area contributed by atoms with Crippen LogP contribution in [0, 0.1) is 18.6 Å². The fourth-order valence-corrected chi connectivity index (χ4v) is 3.57. The van der Waals surface area contributed by atoms with E-state index in [1.807, 2.05) is 6.92 Å². The van der Waals surface area contributed by atoms with E-state index in [1.54, 1.807) is 17.5 Å². The van der Waals surface area contributed by atoms with Crippen LogP contribution >= 0.6 is 11.3 Å². The molecular weight excluding hydrogens is 356 g/mol. The highest BCUT2D eigenvalue weighted by Crippen LogP contribution is 2.33. The van der Waals surface area contributed by atoms with Crippen molar-refractivity contribution < 1.29 is 17.2 Å². The lowest BCUT2D eigenvalue weighted by Crippen LogP contribution is -2.16. The van der Waals surface area contributed by atoms with E-state index < -0.39 is 26.6 Å². The average Bonchev–Trinajstić information content (AvgIpc) is 2.91. The molecule has 0 fully saturated rings. The van der Waals surface area contributed by atoms with Gasteiger partial charge < -0.3 is 0 Å². The van der Waals surface area contributed by atoms with Gasteiger partial charge in [-0.05, 0) is 31.2 Å². The molecular formula is C15H11F2N3O2S2. The van der Waals surface area contributed by atoms with E-state index in [9.17, 15) is 17.2 Å². The Bertz CT molecular complexity index is 1010. The molecule has 0 unspecified atom stereocenters. The molecule has 2 heterocycles. The van der Waals surface area contributed by atoms with E-state index >= 15 is 0 Å². The Labute approximate surface area is 140 Å². The third kappa shape index (κ3) is 3.05. The van der Waals surface area contributed by atoms with Gasteiger partial charge in [0.15, 0.2) is 4.90 Å². The molecule has 0 aliphatic carbocycles. The minimum Gasteiger partial charge on any atom is -0.256 e. The molecule has 1 aromatic carbocycles. The standard InChI is InChI=1S/C15H11F2N3O2S2/c1-8-20-13(7-23-8)10-3-2-4-19-14(10)9-5-11(16)15(12(17)6-9)24(18,21)22/h2-7H,1H3,(H2,18,21,22). The fraction of sp³-hybridized carbons (Fsp3) is 0.0667. The summed E-state index contributed by atoms with van der Waals surface area (Å²) in [5.41, 5.74) is 1.60. The number of thiazole rings is 1. The number of primary sulfonamides is 1. The molecule has 5 nitrogen and oxygen atoms in total. The van der Waals surface area contributed by atoms with Crippen LogP contribution in [-0.4, -0.2) is 18.4 Å². The predicted octanol–water partition coefficient (Wildman–Crippen LogP) is 3.11. The predicted molar refractivity (Wildman–Crippen MR) is 86.8 cm³/mol. The molecule has 3 rings (SSSR count). The SMILES string of the molecule is Cc1nc(-c2cccnc2-c2cc(F)c(S(N)(=O)=O)c(F)c2)cs1. The van der Waals surface area contributed by atoms with Gasteiger partial charge in [-0.3, -0.25) is 4.98 Å². The third-order valence-corrected chi connectivity index (χ3v) is 4.99. The molecule has 24 heavy (non-hydrogen) atoms. The number of hydrogen-bond donors (Lipinski definition) is 1. The number of halogens is 2. The number of aryl methyl sites for hydroxylation is 1. The lowest BCUT2D eigenvalue weighted by Gasteiger charge is -2.09. The second-order valence-electron chi connectivity index (χ2n) is 4.97. The van der Waals surface area contributed by atoms with Crippen molar-refractivity contribution in [3.63, 3.8) is 0 Å². The van der Waals surface area contributed by atoms with Crippen LogP contribution in [0.3, 0.4) is 0 Å². The van der Waals surface area contributed by atoms with Crippen molar-refractivity contribution in [3.05, 3.63) is 52.5 Å². The molecule has 9 heteroatoms. The van der Waals surface area contributed by atoms with E-state index in [4.69, 9.17) is 5.14 Å². The summed E-state index contributed by atoms with van der Waals surface area (Å²) >= 11 is 1.43. The summed E-state index contributed by atoms with van der Waals surface area (Å²) in [4.78, 5) is 7.34. The first kappa shape index (κ1) is 16.6. The summed E-state index contributed by atoms with van der Waals surface area (Å²) in [7, 11) is -4.50. The van der Waals surface area contributed by atoms with E-state index in [-0.39, 0.29) is 5.56 Å². The summed E-state index contributed by atoms with van der Waals surface area (Å²) < 4.78 is 50.8. The monoisotopic (exact) mass is 367 g/mol. The maximum absolute atomic E-state index is 14.1. The van der Waals surface area contributed by atoms with Gasteiger partial charge in [0.2, 0.25) is 10.0 Å². The highest BCUT2D eigenvalue weighted by molar-refractivity contribution is 7.89. The molecule has 3 aromatic rings. The minimum atomic E-state index is -4.50. The largest absolute Gasteiger partial charge is 0.256 e. The lowest BCUT2D eigenvalue weighted by molar-refractivity contribution is 0.520. The molecule has 2 N–H and O–H groups in total. The van der Waals surface area contributed by atoms with Crippen LogP contribution < -0.4 is 5.14 Å². The van der Waals surface area contributed by atoms with E-state index in [0.29, 0.717) is 17.0 Å². The number of nitrogens with two attached hydrogens (primary N) is 1. The summed E-state index contributed by atoms with van der Waals surface area (Å²) in [6.45, 7) is 1.84. The second-order valence-corrected chi connectivity index (χ2v) is 7.53. The van der Waals surface area contributed by atoms with Crippen molar-refractivity contribution in [1.82, 2.24) is 9.97 Å². The molecule has 124 valence electrons. The molecule has 0 spiro atoms. The maximum atomic E-state index is 14.1. The first-order valence-corrected chi connectivity index (χ1v) is 9.09. The number of rotatable bonds is 3. The highest BCUT2D eigenvalue weighted by atomic mass is 32.2. The van der Waals surface area contributed by atoms with Gasteiger partial charge in [0.05, 0.1) is 16.4 Å². The van der Waals surface area contributed by atoms with Gasteiger partial charge in [0, 0.05) is 22.7 Å². The van der Waals surface area contributed by atoms with Crippen molar-refractivity contribution in [2.45, 2.75) is 11.8 Å². The molecule has 0 bridgehead atoms. The molecule has 0 radical (unpaired) electrons. The van der Waals surface area contributed by atoms with Crippen LogP contribution in [0.5, 0.6) is 0 Å². The Morgan fingerprint density at radius 2 is 1.88 bits per heavy atom. The number of sulfonamides is 1. The van der Waals surface area contributed by atoms with Gasteiger partial charge in [0.25, 0.3) is 0 Å². The fourth-order valence-electron chi connectivity index (χ4n) is 2.30. The van der Waals surface area contributed by atoms with Gasteiger partial charge in [-0.2, -0.15) is 0 Å². The number of aromatic nitrogens is 2. The number of nitrogens with zero attached hydrogens (tertiary/aromatic N) is 2. The van der Waals surface area contributed by atoms with Gasteiger partial charge in [0.1, 0.15) is 11.6 Å². The number of hydrogen-bond acceptors (Lipinski definition) is 5. The van der Waals surface area contributed by atoms with Gasteiger partial charge in [-0.25, -0.2) is 27.3 Å². The Hall–Kier alpha value is -2.23. The van der Waals surface area contributed by atoms with Crippen molar-refractivity contribution in [2.75, 3.05) is 0 Å². The van der Waals surface area contributed by atoms with Crippen molar-refractivity contribution in [1.29, 1.82) is 0 Å². The Balaban J connectivity index is 2.21. The minimum absolute atomic E-state index is 0.0960. The third-order valence-electron chi connectivity index (χ3n) is 3.26. The number of pyridine rings is 1. The molecule has 0 saturated carbocycles. The zero-order chi connectivity index (χ0) is 17.5. The molecule has 0 amide bonds. The van der Waals surface area contributed by atoms with Gasteiger partial charge >= 0.3 is 0 Å². The molecule has 0 aliphatic heterocycles. The lowest BCUT2D eigenvalue weighted by atomic mass is 10.0. The van der Waals surface area contributed by atoms with Crippen molar-refractivity contribution in [2.24, 2.45) is 5.14 Å². The van der Waals surface area contributed by atoms with Crippen molar-refractivity contribution in [3.8, 4) is 22.5 Å². The first-order chi connectivity index (χ1) is 11.3. The van der Waals surface area contributed by atoms with Crippen molar-refractivity contribution >= 4 is 21.4 Å². The van der Waals surface area contributed by atoms with Crippen LogP contribution in [0.1, 0.15) is 5.01 Å². The summed E-state index contributed by atoms with van der Waals surface area (Å²) in [5.74, 6) is -2.53. The topological polar surface area (TPSA) is 85.9 Å². The quantitative estimate of drug-likeness (QED) is 0.771. The van der Waals surface area contributed by atoms with E-state index in [1.165, 1.54) is 17.5 Å². The van der Waals surface area contributed by atoms with Crippen LogP contribution in [-0.2, 0) is 10.0 Å². The Morgan fingerprint density at radius 3 is 2.42 bits per heavy atom.